The number of rotatable bonds is 2. The second-order valence-corrected chi connectivity index (χ2v) is 5.36. The second-order valence-electron chi connectivity index (χ2n) is 5.36. The summed E-state index contributed by atoms with van der Waals surface area (Å²) in [6.07, 6.45) is 6.95. The minimum absolute atomic E-state index is 0.0576. The van der Waals surface area contributed by atoms with E-state index < -0.39 is 0 Å². The summed E-state index contributed by atoms with van der Waals surface area (Å²) in [5.41, 5.74) is 2.76. The first-order valence-corrected chi connectivity index (χ1v) is 6.62. The van der Waals surface area contributed by atoms with Crippen molar-refractivity contribution in [3.63, 3.8) is 0 Å². The quantitative estimate of drug-likeness (QED) is 0.290. The maximum Gasteiger partial charge on any atom is 0.206 e. The molecule has 0 aromatic carbocycles. The van der Waals surface area contributed by atoms with Crippen LogP contribution in [0.2, 0.25) is 0 Å². The second kappa shape index (κ2) is 5.69. The molecule has 4 N–H and O–H groups in total. The Morgan fingerprint density at radius 1 is 1.29 bits per heavy atom. The summed E-state index contributed by atoms with van der Waals surface area (Å²) in [5, 5.41) is 3.44. The van der Waals surface area contributed by atoms with Gasteiger partial charge in [0.05, 0.1) is 6.04 Å². The Morgan fingerprint density at radius 3 is 2.53 bits per heavy atom. The zero-order valence-corrected chi connectivity index (χ0v) is 10.7. The lowest BCUT2D eigenvalue weighted by Crippen LogP contribution is -2.55. The minimum atomic E-state index is 0.0576. The van der Waals surface area contributed by atoms with Crippen LogP contribution in [0.5, 0.6) is 0 Å². The van der Waals surface area contributed by atoms with Gasteiger partial charge in [-0.3, -0.25) is 5.43 Å². The van der Waals surface area contributed by atoms with E-state index in [-0.39, 0.29) is 5.54 Å². The van der Waals surface area contributed by atoms with Crippen molar-refractivity contribution >= 4 is 5.96 Å². The maximum atomic E-state index is 5.55. The van der Waals surface area contributed by atoms with Gasteiger partial charge in [0.15, 0.2) is 0 Å². The monoisotopic (exact) mass is 240 g/mol. The third-order valence-corrected chi connectivity index (χ3v) is 3.79. The average Bonchev–Trinajstić information content (AvgIpc) is 2.81. The summed E-state index contributed by atoms with van der Waals surface area (Å²) in [6, 6.07) is 0.442. The van der Waals surface area contributed by atoms with Crippen molar-refractivity contribution in [1.29, 1.82) is 0 Å². The number of guanidine groups is 1. The van der Waals surface area contributed by atoms with Gasteiger partial charge < -0.3 is 10.1 Å². The summed E-state index contributed by atoms with van der Waals surface area (Å²) in [7, 11) is 0. The van der Waals surface area contributed by atoms with Crippen molar-refractivity contribution in [1.82, 2.24) is 10.7 Å². The Bertz CT molecular complexity index is 268. The van der Waals surface area contributed by atoms with E-state index in [1.807, 2.05) is 0 Å². The largest absolute Gasteiger partial charge is 0.381 e. The first-order chi connectivity index (χ1) is 8.22. The van der Waals surface area contributed by atoms with Gasteiger partial charge in [-0.15, -0.1) is 0 Å². The molecule has 0 radical (unpaired) electrons. The standard InChI is InChI=1S/C12H24N4O/c1-12(6-8-17-9-7-12)15-11(16-13)14-10-4-2-3-5-10/h10H,2-9,13H2,1H3,(H2,14,15,16). The fourth-order valence-corrected chi connectivity index (χ4v) is 2.55. The van der Waals surface area contributed by atoms with Crippen LogP contribution in [0.25, 0.3) is 0 Å². The van der Waals surface area contributed by atoms with Crippen LogP contribution >= 0.6 is 0 Å². The molecule has 1 aliphatic heterocycles. The molecule has 0 atom stereocenters. The highest BCUT2D eigenvalue weighted by Crippen LogP contribution is 2.22. The highest BCUT2D eigenvalue weighted by atomic mass is 16.5. The number of hydrogen-bond donors (Lipinski definition) is 3. The van der Waals surface area contributed by atoms with Crippen molar-refractivity contribution in [2.75, 3.05) is 13.2 Å². The molecule has 1 heterocycles. The summed E-state index contributed by atoms with van der Waals surface area (Å²) in [6.45, 7) is 3.83. The van der Waals surface area contributed by atoms with Gasteiger partial charge in [-0.1, -0.05) is 12.8 Å². The molecule has 2 rings (SSSR count). The molecule has 1 saturated carbocycles. The van der Waals surface area contributed by atoms with Crippen LogP contribution in [-0.2, 0) is 4.74 Å². The number of hydrogen-bond acceptors (Lipinski definition) is 3. The van der Waals surface area contributed by atoms with Crippen molar-refractivity contribution in [3.8, 4) is 0 Å². The Labute approximate surface area is 103 Å². The predicted octanol–water partition coefficient (Wildman–Crippen LogP) is 0.907. The molecular formula is C12H24N4O. The van der Waals surface area contributed by atoms with Gasteiger partial charge in [-0.2, -0.15) is 0 Å². The van der Waals surface area contributed by atoms with Crippen LogP contribution in [-0.4, -0.2) is 30.8 Å². The van der Waals surface area contributed by atoms with Gasteiger partial charge in [-0.05, 0) is 32.6 Å². The molecule has 0 bridgehead atoms. The highest BCUT2D eigenvalue weighted by Gasteiger charge is 2.28. The van der Waals surface area contributed by atoms with E-state index in [0.717, 1.165) is 32.0 Å². The van der Waals surface area contributed by atoms with Crippen LogP contribution in [0.3, 0.4) is 0 Å². The van der Waals surface area contributed by atoms with E-state index >= 15 is 0 Å². The fourth-order valence-electron chi connectivity index (χ4n) is 2.55. The maximum absolute atomic E-state index is 5.55. The highest BCUT2D eigenvalue weighted by molar-refractivity contribution is 5.80. The van der Waals surface area contributed by atoms with E-state index in [4.69, 9.17) is 10.6 Å². The molecule has 2 fully saturated rings. The summed E-state index contributed by atoms with van der Waals surface area (Å²) < 4.78 is 5.38. The lowest BCUT2D eigenvalue weighted by atomic mass is 9.93. The first-order valence-electron chi connectivity index (χ1n) is 6.62. The van der Waals surface area contributed by atoms with E-state index in [2.05, 4.69) is 22.7 Å². The van der Waals surface area contributed by atoms with Gasteiger partial charge >= 0.3 is 0 Å². The third kappa shape index (κ3) is 3.57. The number of nitrogens with two attached hydrogens (primary N) is 1. The van der Waals surface area contributed by atoms with E-state index in [1.54, 1.807) is 0 Å². The Morgan fingerprint density at radius 2 is 1.94 bits per heavy atom. The average molecular weight is 240 g/mol. The summed E-state index contributed by atoms with van der Waals surface area (Å²) in [4.78, 5) is 4.66. The first kappa shape index (κ1) is 12.6. The normalized spacial score (nSPS) is 25.9. The summed E-state index contributed by atoms with van der Waals surface area (Å²) in [5.74, 6) is 6.29. The Kier molecular flexibility index (Phi) is 4.23. The van der Waals surface area contributed by atoms with Crippen LogP contribution in [0, 0.1) is 0 Å². The van der Waals surface area contributed by atoms with Gasteiger partial charge in [0.1, 0.15) is 0 Å². The van der Waals surface area contributed by atoms with Crippen LogP contribution < -0.4 is 16.6 Å². The third-order valence-electron chi connectivity index (χ3n) is 3.79. The van der Waals surface area contributed by atoms with Crippen molar-refractivity contribution < 1.29 is 4.74 Å². The molecule has 0 unspecified atom stereocenters. The molecule has 0 aromatic heterocycles. The number of nitrogens with one attached hydrogen (secondary N) is 2. The van der Waals surface area contributed by atoms with Gasteiger partial charge in [0.25, 0.3) is 0 Å². The Balaban J connectivity index is 1.93. The van der Waals surface area contributed by atoms with Gasteiger partial charge in [0.2, 0.25) is 5.96 Å². The van der Waals surface area contributed by atoms with E-state index in [1.165, 1.54) is 25.7 Å². The lowest BCUT2D eigenvalue weighted by Gasteiger charge is -2.35. The van der Waals surface area contributed by atoms with Gasteiger partial charge in [-0.25, -0.2) is 10.8 Å². The molecule has 1 saturated heterocycles. The molecule has 17 heavy (non-hydrogen) atoms. The molecule has 0 spiro atoms. The van der Waals surface area contributed by atoms with Gasteiger partial charge in [0, 0.05) is 18.8 Å². The number of aliphatic imine (C=N–C) groups is 1. The molecule has 2 aliphatic rings. The molecular weight excluding hydrogens is 216 g/mol. The smallest absolute Gasteiger partial charge is 0.206 e. The minimum Gasteiger partial charge on any atom is -0.381 e. The van der Waals surface area contributed by atoms with E-state index in [9.17, 15) is 0 Å². The molecule has 98 valence electrons. The number of ether oxygens (including phenoxy) is 1. The summed E-state index contributed by atoms with van der Waals surface area (Å²) >= 11 is 0. The molecule has 5 nitrogen and oxygen atoms in total. The molecule has 0 aromatic rings. The topological polar surface area (TPSA) is 71.7 Å². The zero-order chi connectivity index (χ0) is 12.1. The van der Waals surface area contributed by atoms with E-state index in [0.29, 0.717) is 6.04 Å². The molecule has 1 aliphatic carbocycles. The predicted molar refractivity (Wildman–Crippen MR) is 68.6 cm³/mol. The zero-order valence-electron chi connectivity index (χ0n) is 10.7. The SMILES string of the molecule is CC1(NC(=NC2CCCC2)NN)CCOCC1. The lowest BCUT2D eigenvalue weighted by molar-refractivity contribution is 0.0521. The van der Waals surface area contributed by atoms with Crippen molar-refractivity contribution in [3.05, 3.63) is 0 Å². The van der Waals surface area contributed by atoms with Crippen molar-refractivity contribution in [2.24, 2.45) is 10.8 Å². The van der Waals surface area contributed by atoms with Crippen LogP contribution in [0.15, 0.2) is 4.99 Å². The number of nitrogens with zero attached hydrogens (tertiary/aromatic N) is 1. The van der Waals surface area contributed by atoms with Crippen molar-refractivity contribution in [2.45, 2.75) is 57.0 Å². The van der Waals surface area contributed by atoms with Crippen LogP contribution in [0.4, 0.5) is 0 Å². The number of hydrazine groups is 1. The molecule has 0 amide bonds. The Hall–Kier alpha value is -0.810. The molecule has 5 heteroatoms. The fraction of sp³-hybridized carbons (Fsp3) is 0.917. The van der Waals surface area contributed by atoms with Crippen LogP contribution in [0.1, 0.15) is 45.4 Å².